The van der Waals surface area contributed by atoms with Crippen LogP contribution in [0.3, 0.4) is 0 Å². The zero-order chi connectivity index (χ0) is 14.3. The third-order valence-corrected chi connectivity index (χ3v) is 4.62. The van der Waals surface area contributed by atoms with Gasteiger partial charge in [-0.05, 0) is 11.6 Å². The second kappa shape index (κ2) is 7.46. The van der Waals surface area contributed by atoms with Crippen molar-refractivity contribution in [3.8, 4) is 6.07 Å². The van der Waals surface area contributed by atoms with E-state index in [-0.39, 0.29) is 25.4 Å². The van der Waals surface area contributed by atoms with Crippen LogP contribution in [-0.4, -0.2) is 39.5 Å². The van der Waals surface area contributed by atoms with E-state index < -0.39 is 10.0 Å². The van der Waals surface area contributed by atoms with E-state index in [4.69, 9.17) is 21.6 Å². The number of methoxy groups -OCH3 is 1. The summed E-state index contributed by atoms with van der Waals surface area (Å²) in [5.41, 5.74) is 0.518. The molecule has 0 aromatic heterocycles. The van der Waals surface area contributed by atoms with Gasteiger partial charge in [-0.2, -0.15) is 9.57 Å². The number of ether oxygens (including phenoxy) is 1. The van der Waals surface area contributed by atoms with Crippen LogP contribution in [0.5, 0.6) is 0 Å². The first-order chi connectivity index (χ1) is 9.01. The van der Waals surface area contributed by atoms with E-state index in [0.717, 1.165) is 4.31 Å². The largest absolute Gasteiger partial charge is 0.383 e. The molecular formula is C12H15ClN2O3S. The SMILES string of the molecule is COCCN(CC#N)S(=O)(=O)Cc1ccccc1Cl. The molecule has 0 unspecified atom stereocenters. The summed E-state index contributed by atoms with van der Waals surface area (Å²) in [7, 11) is -2.11. The second-order valence-corrected chi connectivity index (χ2v) is 6.21. The molecule has 0 aliphatic carbocycles. The van der Waals surface area contributed by atoms with Gasteiger partial charge < -0.3 is 4.74 Å². The van der Waals surface area contributed by atoms with Crippen molar-refractivity contribution in [2.24, 2.45) is 0 Å². The highest BCUT2D eigenvalue weighted by Gasteiger charge is 2.22. The third-order valence-electron chi connectivity index (χ3n) is 2.48. The first-order valence-electron chi connectivity index (χ1n) is 5.58. The van der Waals surface area contributed by atoms with Gasteiger partial charge >= 0.3 is 0 Å². The molecule has 0 atom stereocenters. The van der Waals surface area contributed by atoms with Gasteiger partial charge in [-0.25, -0.2) is 8.42 Å². The van der Waals surface area contributed by atoms with Gasteiger partial charge in [0.1, 0.15) is 6.54 Å². The number of nitrogens with zero attached hydrogens (tertiary/aromatic N) is 2. The lowest BCUT2D eigenvalue weighted by atomic mass is 10.2. The molecule has 0 heterocycles. The Hall–Kier alpha value is -1.13. The predicted octanol–water partition coefficient (Wildman–Crippen LogP) is 1.64. The van der Waals surface area contributed by atoms with Gasteiger partial charge in [0.05, 0.1) is 18.4 Å². The molecule has 104 valence electrons. The lowest BCUT2D eigenvalue weighted by molar-refractivity contribution is 0.182. The molecule has 0 saturated carbocycles. The fourth-order valence-corrected chi connectivity index (χ4v) is 3.21. The molecule has 0 spiro atoms. The van der Waals surface area contributed by atoms with Crippen LogP contribution in [0.2, 0.25) is 5.02 Å². The van der Waals surface area contributed by atoms with Gasteiger partial charge in [0.2, 0.25) is 10.0 Å². The fraction of sp³-hybridized carbons (Fsp3) is 0.417. The van der Waals surface area contributed by atoms with E-state index in [2.05, 4.69) is 0 Å². The van der Waals surface area contributed by atoms with E-state index >= 15 is 0 Å². The van der Waals surface area contributed by atoms with Gasteiger partial charge in [-0.15, -0.1) is 0 Å². The summed E-state index contributed by atoms with van der Waals surface area (Å²) in [6.45, 7) is 0.191. The Morgan fingerprint density at radius 2 is 2.11 bits per heavy atom. The zero-order valence-corrected chi connectivity index (χ0v) is 12.1. The van der Waals surface area contributed by atoms with Crippen LogP contribution < -0.4 is 0 Å². The quantitative estimate of drug-likeness (QED) is 0.718. The Balaban J connectivity index is 2.89. The number of rotatable bonds is 7. The maximum absolute atomic E-state index is 12.2. The molecule has 0 bridgehead atoms. The number of nitriles is 1. The molecule has 5 nitrogen and oxygen atoms in total. The Kier molecular flexibility index (Phi) is 6.25. The number of hydrogen-bond donors (Lipinski definition) is 0. The molecule has 0 aliphatic heterocycles. The Morgan fingerprint density at radius 3 is 2.68 bits per heavy atom. The lowest BCUT2D eigenvalue weighted by Crippen LogP contribution is -2.35. The highest BCUT2D eigenvalue weighted by Crippen LogP contribution is 2.19. The van der Waals surface area contributed by atoms with E-state index in [1.165, 1.54) is 7.11 Å². The first kappa shape index (κ1) is 15.9. The Labute approximate surface area is 118 Å². The molecule has 1 aromatic rings. The van der Waals surface area contributed by atoms with E-state index in [1.807, 2.05) is 6.07 Å². The van der Waals surface area contributed by atoms with E-state index in [1.54, 1.807) is 24.3 Å². The van der Waals surface area contributed by atoms with E-state index in [0.29, 0.717) is 10.6 Å². The number of hydrogen-bond acceptors (Lipinski definition) is 4. The fourth-order valence-electron chi connectivity index (χ4n) is 1.49. The summed E-state index contributed by atoms with van der Waals surface area (Å²) in [5, 5.41) is 9.09. The predicted molar refractivity (Wildman–Crippen MR) is 73.1 cm³/mol. The summed E-state index contributed by atoms with van der Waals surface area (Å²) in [6.07, 6.45) is 0. The third kappa shape index (κ3) is 4.80. The van der Waals surface area contributed by atoms with Crippen LogP contribution >= 0.6 is 11.6 Å². The normalized spacial score (nSPS) is 11.5. The summed E-state index contributed by atoms with van der Waals surface area (Å²) in [4.78, 5) is 0. The summed E-state index contributed by atoms with van der Waals surface area (Å²) in [6, 6.07) is 8.59. The molecule has 7 heteroatoms. The number of halogens is 1. The Morgan fingerprint density at radius 1 is 1.42 bits per heavy atom. The van der Waals surface area contributed by atoms with Crippen LogP contribution in [0.4, 0.5) is 0 Å². The van der Waals surface area contributed by atoms with Crippen LogP contribution in [0.25, 0.3) is 0 Å². The van der Waals surface area contributed by atoms with Crippen molar-refractivity contribution < 1.29 is 13.2 Å². The molecule has 0 N–H and O–H groups in total. The van der Waals surface area contributed by atoms with Gasteiger partial charge in [0.15, 0.2) is 0 Å². The number of benzene rings is 1. The maximum Gasteiger partial charge on any atom is 0.219 e. The first-order valence-corrected chi connectivity index (χ1v) is 7.57. The van der Waals surface area contributed by atoms with Crippen LogP contribution in [0.1, 0.15) is 5.56 Å². The Bertz CT molecular complexity index is 554. The molecule has 0 saturated heterocycles. The van der Waals surface area contributed by atoms with Crippen LogP contribution in [0.15, 0.2) is 24.3 Å². The van der Waals surface area contributed by atoms with Gasteiger partial charge in [-0.1, -0.05) is 29.8 Å². The van der Waals surface area contributed by atoms with Gasteiger partial charge in [0.25, 0.3) is 0 Å². The van der Waals surface area contributed by atoms with E-state index in [9.17, 15) is 8.42 Å². The molecule has 1 aromatic carbocycles. The minimum atomic E-state index is -3.59. The molecule has 19 heavy (non-hydrogen) atoms. The monoisotopic (exact) mass is 302 g/mol. The van der Waals surface area contributed by atoms with Crippen molar-refractivity contribution in [1.29, 1.82) is 5.26 Å². The van der Waals surface area contributed by atoms with Crippen molar-refractivity contribution in [3.05, 3.63) is 34.9 Å². The molecule has 0 aliphatic rings. The summed E-state index contributed by atoms with van der Waals surface area (Å²) >= 11 is 5.94. The minimum absolute atomic E-state index is 0.150. The summed E-state index contributed by atoms with van der Waals surface area (Å²) < 4.78 is 30.4. The minimum Gasteiger partial charge on any atom is -0.383 e. The molecule has 1 rings (SSSR count). The average molecular weight is 303 g/mol. The zero-order valence-electron chi connectivity index (χ0n) is 10.5. The topological polar surface area (TPSA) is 70.4 Å². The highest BCUT2D eigenvalue weighted by atomic mass is 35.5. The smallest absolute Gasteiger partial charge is 0.219 e. The molecule has 0 amide bonds. The van der Waals surface area contributed by atoms with Crippen molar-refractivity contribution in [1.82, 2.24) is 4.31 Å². The standard InChI is InChI=1S/C12H15ClN2O3S/c1-18-9-8-15(7-6-14)19(16,17)10-11-4-2-3-5-12(11)13/h2-5H,7-10H2,1H3. The van der Waals surface area contributed by atoms with Crippen LogP contribution in [0, 0.1) is 11.3 Å². The van der Waals surface area contributed by atoms with Crippen molar-refractivity contribution >= 4 is 21.6 Å². The molecule has 0 fully saturated rings. The molecule has 0 radical (unpaired) electrons. The van der Waals surface area contributed by atoms with Gasteiger partial charge in [-0.3, -0.25) is 0 Å². The van der Waals surface area contributed by atoms with Crippen molar-refractivity contribution in [2.45, 2.75) is 5.75 Å². The maximum atomic E-state index is 12.2. The summed E-state index contributed by atoms with van der Waals surface area (Å²) in [5.74, 6) is -0.224. The van der Waals surface area contributed by atoms with Crippen molar-refractivity contribution in [2.75, 3.05) is 26.8 Å². The average Bonchev–Trinajstić information content (AvgIpc) is 2.37. The molecular weight excluding hydrogens is 288 g/mol. The number of sulfonamides is 1. The highest BCUT2D eigenvalue weighted by molar-refractivity contribution is 7.88. The lowest BCUT2D eigenvalue weighted by Gasteiger charge is -2.19. The second-order valence-electron chi connectivity index (χ2n) is 3.83. The van der Waals surface area contributed by atoms with Crippen molar-refractivity contribution in [3.63, 3.8) is 0 Å². The van der Waals surface area contributed by atoms with Gasteiger partial charge in [0, 0.05) is 18.7 Å². The van der Waals surface area contributed by atoms with Crippen LogP contribution in [-0.2, 0) is 20.5 Å².